The van der Waals surface area contributed by atoms with Crippen LogP contribution in [-0.4, -0.2) is 36.1 Å². The van der Waals surface area contributed by atoms with Gasteiger partial charge in [-0.15, -0.1) is 0 Å². The summed E-state index contributed by atoms with van der Waals surface area (Å²) in [5.41, 5.74) is -1.80. The molecule has 2 aromatic carbocycles. The number of fused-ring (bicyclic) bond motifs is 2. The molecule has 1 amide bonds. The molecule has 2 heterocycles. The second kappa shape index (κ2) is 6.43. The summed E-state index contributed by atoms with van der Waals surface area (Å²) in [5.74, 6) is -2.44. The van der Waals surface area contributed by atoms with Gasteiger partial charge in [0.25, 0.3) is 11.9 Å². The van der Waals surface area contributed by atoms with Gasteiger partial charge in [-0.25, -0.2) is 0 Å². The van der Waals surface area contributed by atoms with Crippen molar-refractivity contribution in [2.45, 2.75) is 29.7 Å². The van der Waals surface area contributed by atoms with Crippen molar-refractivity contribution in [3.8, 4) is 0 Å². The minimum absolute atomic E-state index is 0.0758. The molecule has 0 aliphatic carbocycles. The molecular weight excluding hydrogens is 411 g/mol. The molecule has 1 saturated heterocycles. The Labute approximate surface area is 168 Å². The molecule has 2 aromatic rings. The van der Waals surface area contributed by atoms with E-state index in [-0.39, 0.29) is 21.8 Å². The van der Waals surface area contributed by atoms with Crippen molar-refractivity contribution in [1.29, 1.82) is 0 Å². The first-order chi connectivity index (χ1) is 13.6. The number of para-hydroxylation sites is 1. The van der Waals surface area contributed by atoms with Crippen LogP contribution in [0.1, 0.15) is 17.0 Å². The molecule has 0 saturated carbocycles. The number of nitrogens with one attached hydrogen (secondary N) is 1. The van der Waals surface area contributed by atoms with Crippen molar-refractivity contribution in [2.24, 2.45) is 0 Å². The van der Waals surface area contributed by atoms with Crippen LogP contribution in [-0.2, 0) is 10.3 Å². The fourth-order valence-electron chi connectivity index (χ4n) is 4.58. The van der Waals surface area contributed by atoms with Gasteiger partial charge in [0.2, 0.25) is 0 Å². The maximum absolute atomic E-state index is 14.0. The maximum atomic E-state index is 14.0. The highest BCUT2D eigenvalue weighted by molar-refractivity contribution is 6.35. The highest BCUT2D eigenvalue weighted by Gasteiger charge is 2.73. The molecule has 10 heteroatoms. The summed E-state index contributed by atoms with van der Waals surface area (Å²) in [6.07, 6.45) is -4.82. The number of amides is 1. The number of rotatable bonds is 2. The van der Waals surface area contributed by atoms with Crippen LogP contribution in [0.5, 0.6) is 0 Å². The number of halogens is 4. The Hall–Kier alpha value is -2.65. The number of hydrogen-bond donors (Lipinski definition) is 1. The third-order valence-electron chi connectivity index (χ3n) is 5.68. The predicted octanol–water partition coefficient (Wildman–Crippen LogP) is 3.47. The Kier molecular flexibility index (Phi) is 4.36. The monoisotopic (exact) mass is 425 g/mol. The summed E-state index contributed by atoms with van der Waals surface area (Å²) in [6.45, 7) is 0. The topological polar surface area (TPSA) is 75.5 Å². The molecule has 4 rings (SSSR count). The minimum Gasteiger partial charge on any atom is -0.312 e. The Morgan fingerprint density at radius 1 is 1.17 bits per heavy atom. The van der Waals surface area contributed by atoms with Crippen LogP contribution in [0.2, 0.25) is 5.02 Å². The molecule has 0 bridgehead atoms. The Morgan fingerprint density at radius 3 is 2.41 bits per heavy atom. The second-order valence-electron chi connectivity index (χ2n) is 7.14. The molecule has 0 unspecified atom stereocenters. The van der Waals surface area contributed by atoms with E-state index in [0.29, 0.717) is 0 Å². The summed E-state index contributed by atoms with van der Waals surface area (Å²) in [6, 6.07) is 7.62. The van der Waals surface area contributed by atoms with Crippen LogP contribution in [0.25, 0.3) is 0 Å². The average molecular weight is 426 g/mol. The van der Waals surface area contributed by atoms with Crippen LogP contribution < -0.4 is 10.2 Å². The number of hydrogen-bond acceptors (Lipinski definition) is 4. The Morgan fingerprint density at radius 2 is 1.83 bits per heavy atom. The van der Waals surface area contributed by atoms with Gasteiger partial charge in [0.1, 0.15) is 6.04 Å². The highest BCUT2D eigenvalue weighted by Crippen LogP contribution is 2.55. The van der Waals surface area contributed by atoms with Crippen molar-refractivity contribution >= 4 is 23.2 Å². The van der Waals surface area contributed by atoms with Gasteiger partial charge in [-0.2, -0.15) is 13.2 Å². The smallest absolute Gasteiger partial charge is 0.312 e. The van der Waals surface area contributed by atoms with E-state index in [2.05, 4.69) is 5.32 Å². The Balaban J connectivity index is 2.02. The molecule has 2 aliphatic rings. The number of nitrogens with zero attached hydrogens (tertiary/aromatic N) is 2. The van der Waals surface area contributed by atoms with Crippen LogP contribution in [0.15, 0.2) is 48.5 Å². The highest BCUT2D eigenvalue weighted by atomic mass is 35.5. The van der Waals surface area contributed by atoms with E-state index in [1.54, 1.807) is 6.07 Å². The number of anilines is 1. The zero-order valence-corrected chi connectivity index (χ0v) is 15.7. The average Bonchev–Trinajstić information content (AvgIpc) is 3.14. The lowest BCUT2D eigenvalue weighted by molar-refractivity contribution is -0.532. The molecule has 152 valence electrons. The van der Waals surface area contributed by atoms with Gasteiger partial charge >= 0.3 is 6.18 Å². The number of nitro groups is 1. The van der Waals surface area contributed by atoms with E-state index in [9.17, 15) is 28.1 Å². The first-order valence-electron chi connectivity index (χ1n) is 8.70. The Bertz CT molecular complexity index is 1000. The lowest BCUT2D eigenvalue weighted by Gasteiger charge is -2.26. The molecule has 1 spiro atoms. The molecule has 2 aliphatic heterocycles. The van der Waals surface area contributed by atoms with Gasteiger partial charge in [0.05, 0.1) is 16.6 Å². The third kappa shape index (κ3) is 2.64. The number of benzene rings is 2. The molecule has 4 atom stereocenters. The van der Waals surface area contributed by atoms with Crippen molar-refractivity contribution < 1.29 is 22.9 Å². The summed E-state index contributed by atoms with van der Waals surface area (Å²) >= 11 is 6.18. The van der Waals surface area contributed by atoms with Crippen molar-refractivity contribution in [3.63, 3.8) is 0 Å². The summed E-state index contributed by atoms with van der Waals surface area (Å²) in [5, 5.41) is 14.6. The van der Waals surface area contributed by atoms with E-state index < -0.39 is 40.5 Å². The minimum atomic E-state index is -4.82. The molecule has 1 N–H and O–H groups in total. The fraction of sp³-hybridized carbons (Fsp3) is 0.316. The number of likely N-dealkylation sites (N-methyl/N-ethyl adjacent to an activating group) is 1. The van der Waals surface area contributed by atoms with Crippen LogP contribution >= 0.6 is 11.6 Å². The largest absolute Gasteiger partial charge is 0.404 e. The van der Waals surface area contributed by atoms with Gasteiger partial charge in [0.15, 0.2) is 5.54 Å². The summed E-state index contributed by atoms with van der Waals surface area (Å²) in [7, 11) is 1.35. The van der Waals surface area contributed by atoms with Crippen molar-refractivity contribution in [1.82, 2.24) is 5.32 Å². The number of carbonyl (C=O) groups excluding carboxylic acids is 1. The van der Waals surface area contributed by atoms with E-state index in [4.69, 9.17) is 11.6 Å². The molecule has 29 heavy (non-hydrogen) atoms. The summed E-state index contributed by atoms with van der Waals surface area (Å²) < 4.78 is 42.0. The lowest BCUT2D eigenvalue weighted by Crippen LogP contribution is -2.56. The van der Waals surface area contributed by atoms with E-state index >= 15 is 0 Å². The van der Waals surface area contributed by atoms with Gasteiger partial charge in [-0.3, -0.25) is 20.2 Å². The first-order valence-corrected chi connectivity index (χ1v) is 9.08. The zero-order chi connectivity index (χ0) is 21.1. The molecule has 0 aromatic heterocycles. The standard InChI is InChI=1S/C19H15ClF3N3O3/c1-25-14-11(8-5-9-12(14)20)18(17(25)27)16(26(28)29)13(10-6-3-2-4-7-10)15(24-18)19(21,22)23/h2-9,13,15-16,24H,1H3/t13-,15+,16+,18+/m0/s1. The van der Waals surface area contributed by atoms with Crippen molar-refractivity contribution in [3.05, 3.63) is 74.8 Å². The second-order valence-corrected chi connectivity index (χ2v) is 7.55. The number of alkyl halides is 3. The molecule has 6 nitrogen and oxygen atoms in total. The van der Waals surface area contributed by atoms with E-state index in [1.165, 1.54) is 49.5 Å². The molecule has 1 fully saturated rings. The number of carbonyl (C=O) groups is 1. The van der Waals surface area contributed by atoms with Crippen LogP contribution in [0, 0.1) is 10.1 Å². The lowest BCUT2D eigenvalue weighted by atomic mass is 9.78. The molecular formula is C19H15ClF3N3O3. The quantitative estimate of drug-likeness (QED) is 0.590. The van der Waals surface area contributed by atoms with E-state index in [1.807, 2.05) is 0 Å². The van der Waals surface area contributed by atoms with Gasteiger partial charge in [-0.05, 0) is 11.6 Å². The SMILES string of the molecule is CN1C(=O)[C@@]2(N[C@@H](C(F)(F)F)[C@H](c3ccccc3)[C@H]2[N+](=O)[O-])c2cccc(Cl)c21. The van der Waals surface area contributed by atoms with Crippen LogP contribution in [0.4, 0.5) is 18.9 Å². The normalized spacial score (nSPS) is 28.8. The predicted molar refractivity (Wildman–Crippen MR) is 99.5 cm³/mol. The zero-order valence-electron chi connectivity index (χ0n) is 15.0. The molecule has 0 radical (unpaired) electrons. The van der Waals surface area contributed by atoms with Crippen LogP contribution in [0.3, 0.4) is 0 Å². The van der Waals surface area contributed by atoms with Gasteiger partial charge < -0.3 is 4.90 Å². The van der Waals surface area contributed by atoms with Gasteiger partial charge in [0, 0.05) is 17.5 Å². The third-order valence-corrected chi connectivity index (χ3v) is 5.98. The first kappa shape index (κ1) is 19.7. The van der Waals surface area contributed by atoms with Gasteiger partial charge in [-0.1, -0.05) is 54.1 Å². The van der Waals surface area contributed by atoms with Crippen molar-refractivity contribution in [2.75, 3.05) is 11.9 Å². The fourth-order valence-corrected chi connectivity index (χ4v) is 4.88. The maximum Gasteiger partial charge on any atom is 0.404 e. The summed E-state index contributed by atoms with van der Waals surface area (Å²) in [4.78, 5) is 25.7. The van der Waals surface area contributed by atoms with E-state index in [0.717, 1.165) is 4.90 Å².